The number of nitrogens with zero attached hydrogens (tertiary/aromatic N) is 2. The number of benzene rings is 2. The lowest BCUT2D eigenvalue weighted by Gasteiger charge is -2.06. The van der Waals surface area contributed by atoms with Gasteiger partial charge < -0.3 is 9.72 Å². The average Bonchev–Trinajstić information content (AvgIpc) is 3.46. The molecule has 0 saturated carbocycles. The number of rotatable bonds is 5. The van der Waals surface area contributed by atoms with Crippen LogP contribution in [0.15, 0.2) is 84.0 Å². The highest BCUT2D eigenvalue weighted by Gasteiger charge is 2.22. The van der Waals surface area contributed by atoms with Crippen LogP contribution >= 0.6 is 23.5 Å². The number of nitrogens with one attached hydrogen (secondary N) is 1. The quantitative estimate of drug-likeness (QED) is 0.282. The van der Waals surface area contributed by atoms with Gasteiger partial charge in [-0.05, 0) is 54.4 Å². The first kappa shape index (κ1) is 21.3. The molecule has 33 heavy (non-hydrogen) atoms. The van der Waals surface area contributed by atoms with Crippen LogP contribution < -0.4 is 0 Å². The summed E-state index contributed by atoms with van der Waals surface area (Å²) in [5.41, 5.74) is 2.95. The van der Waals surface area contributed by atoms with Crippen LogP contribution in [0.1, 0.15) is 10.4 Å². The van der Waals surface area contributed by atoms with Crippen molar-refractivity contribution in [2.45, 2.75) is 4.90 Å². The van der Waals surface area contributed by atoms with Crippen molar-refractivity contribution in [3.63, 3.8) is 0 Å². The van der Waals surface area contributed by atoms with E-state index in [4.69, 9.17) is 16.3 Å². The molecule has 0 fully saturated rings. The molecule has 1 N–H and O–H groups in total. The van der Waals surface area contributed by atoms with Crippen molar-refractivity contribution in [2.75, 3.05) is 7.11 Å². The molecule has 164 valence electrons. The van der Waals surface area contributed by atoms with E-state index in [9.17, 15) is 9.18 Å². The maximum absolute atomic E-state index is 14.8. The predicted molar refractivity (Wildman–Crippen MR) is 129 cm³/mol. The minimum atomic E-state index is -0.608. The summed E-state index contributed by atoms with van der Waals surface area (Å²) in [6, 6.07) is 20.1. The molecule has 0 bridgehead atoms. The number of methoxy groups -OCH3 is 1. The number of hydrogen-bond acceptors (Lipinski definition) is 4. The summed E-state index contributed by atoms with van der Waals surface area (Å²) < 4.78 is 21.7. The highest BCUT2D eigenvalue weighted by Crippen LogP contribution is 2.36. The molecule has 5 rings (SSSR count). The van der Waals surface area contributed by atoms with Crippen molar-refractivity contribution >= 4 is 40.6 Å². The molecule has 0 saturated heterocycles. The number of carbonyl (C=O) groups is 1. The third kappa shape index (κ3) is 3.90. The Morgan fingerprint density at radius 1 is 1.09 bits per heavy atom. The Labute approximate surface area is 198 Å². The molecule has 3 aromatic heterocycles. The van der Waals surface area contributed by atoms with Gasteiger partial charge in [0, 0.05) is 39.5 Å². The van der Waals surface area contributed by atoms with E-state index >= 15 is 0 Å². The van der Waals surface area contributed by atoms with E-state index < -0.39 is 11.8 Å². The van der Waals surface area contributed by atoms with Crippen LogP contribution in [0.4, 0.5) is 4.39 Å². The summed E-state index contributed by atoms with van der Waals surface area (Å²) in [5.74, 6) is -1.18. The van der Waals surface area contributed by atoms with E-state index in [2.05, 4.69) is 9.97 Å². The first-order valence-corrected chi connectivity index (χ1v) is 11.2. The van der Waals surface area contributed by atoms with Gasteiger partial charge in [-0.2, -0.15) is 0 Å². The minimum absolute atomic E-state index is 0.0271. The molecule has 2 aromatic carbocycles. The average molecular weight is 478 g/mol. The first-order valence-electron chi connectivity index (χ1n) is 10.0. The van der Waals surface area contributed by atoms with Crippen LogP contribution in [0, 0.1) is 5.82 Å². The summed E-state index contributed by atoms with van der Waals surface area (Å²) in [6.07, 6.45) is 3.65. The second-order valence-electron chi connectivity index (χ2n) is 7.21. The van der Waals surface area contributed by atoms with Gasteiger partial charge in [-0.15, -0.1) is 0 Å². The normalized spacial score (nSPS) is 11.1. The molecule has 0 unspecified atom stereocenters. The van der Waals surface area contributed by atoms with Crippen molar-refractivity contribution < 1.29 is 13.9 Å². The summed E-state index contributed by atoms with van der Waals surface area (Å²) in [4.78, 5) is 21.3. The van der Waals surface area contributed by atoms with Gasteiger partial charge in [0.05, 0.1) is 23.4 Å². The van der Waals surface area contributed by atoms with Gasteiger partial charge in [-0.25, -0.2) is 14.2 Å². The van der Waals surface area contributed by atoms with Gasteiger partial charge in [-0.1, -0.05) is 35.9 Å². The lowest BCUT2D eigenvalue weighted by Crippen LogP contribution is -2.02. The van der Waals surface area contributed by atoms with E-state index in [1.165, 1.54) is 13.2 Å². The van der Waals surface area contributed by atoms with E-state index in [1.54, 1.807) is 36.3 Å². The fourth-order valence-electron chi connectivity index (χ4n) is 3.70. The van der Waals surface area contributed by atoms with Crippen LogP contribution in [0.25, 0.3) is 33.5 Å². The number of fused-ring (bicyclic) bond motifs is 1. The number of H-pyrrole nitrogens is 1. The van der Waals surface area contributed by atoms with Gasteiger partial charge in [0.25, 0.3) is 0 Å². The fraction of sp³-hybridized carbons (Fsp3) is 0.0400. The van der Waals surface area contributed by atoms with E-state index in [1.807, 2.05) is 52.6 Å². The predicted octanol–water partition coefficient (Wildman–Crippen LogP) is 6.83. The molecular weight excluding hydrogens is 461 g/mol. The molecule has 0 atom stereocenters. The monoisotopic (exact) mass is 477 g/mol. The lowest BCUT2D eigenvalue weighted by molar-refractivity contribution is 0.0602. The number of pyridine rings is 1. The zero-order valence-corrected chi connectivity index (χ0v) is 19.0. The van der Waals surface area contributed by atoms with Gasteiger partial charge >= 0.3 is 5.97 Å². The van der Waals surface area contributed by atoms with Crippen LogP contribution in [0.2, 0.25) is 5.02 Å². The maximum Gasteiger partial charge on any atom is 0.340 e. The number of aromatic amines is 1. The number of ether oxygens (including phenoxy) is 1. The Bertz CT molecular complexity index is 1480. The van der Waals surface area contributed by atoms with Crippen molar-refractivity contribution in [3.8, 4) is 22.5 Å². The van der Waals surface area contributed by atoms with E-state index in [0.717, 1.165) is 21.5 Å². The number of carbonyl (C=O) groups excluding carboxylic acids is 1. The van der Waals surface area contributed by atoms with Gasteiger partial charge in [0.1, 0.15) is 0 Å². The summed E-state index contributed by atoms with van der Waals surface area (Å²) >= 11 is 7.53. The number of aromatic nitrogens is 3. The van der Waals surface area contributed by atoms with Crippen LogP contribution in [-0.4, -0.2) is 27.0 Å². The Morgan fingerprint density at radius 2 is 1.91 bits per heavy atom. The molecule has 5 nitrogen and oxygen atoms in total. The third-order valence-corrected chi connectivity index (χ3v) is 6.50. The molecule has 0 aliphatic carbocycles. The Balaban J connectivity index is 1.64. The molecule has 0 spiro atoms. The zero-order chi connectivity index (χ0) is 22.9. The van der Waals surface area contributed by atoms with Crippen molar-refractivity contribution in [3.05, 3.63) is 95.5 Å². The molecule has 3 heterocycles. The number of halogens is 2. The molecule has 0 amide bonds. The Hall–Kier alpha value is -3.55. The largest absolute Gasteiger partial charge is 0.465 e. The molecule has 8 heteroatoms. The second-order valence-corrected chi connectivity index (χ2v) is 8.66. The molecule has 0 aliphatic heterocycles. The maximum atomic E-state index is 14.8. The molecule has 5 aromatic rings. The Morgan fingerprint density at radius 3 is 2.70 bits per heavy atom. The smallest absolute Gasteiger partial charge is 0.340 e. The number of esters is 1. The molecular formula is C25H17ClFN3O2S. The summed E-state index contributed by atoms with van der Waals surface area (Å²) in [5, 5.41) is 0.859. The third-order valence-electron chi connectivity index (χ3n) is 5.24. The molecule has 0 aliphatic rings. The lowest BCUT2D eigenvalue weighted by atomic mass is 10.1. The van der Waals surface area contributed by atoms with Crippen molar-refractivity contribution in [1.82, 2.24) is 13.9 Å². The van der Waals surface area contributed by atoms with Crippen LogP contribution in [-0.2, 0) is 4.74 Å². The Kier molecular flexibility index (Phi) is 5.66. The first-order chi connectivity index (χ1) is 16.1. The highest BCUT2D eigenvalue weighted by atomic mass is 35.5. The summed E-state index contributed by atoms with van der Waals surface area (Å²) in [6.45, 7) is 0. The van der Waals surface area contributed by atoms with E-state index in [-0.39, 0.29) is 16.1 Å². The topological polar surface area (TPSA) is 59.9 Å². The van der Waals surface area contributed by atoms with Gasteiger partial charge in [0.2, 0.25) is 0 Å². The minimum Gasteiger partial charge on any atom is -0.465 e. The standard InChI is InChI=1S/C25H17ClFN3O2S/c1-32-25(31)19-14-21(29-23(19)18-8-5-9-20(26)22(18)27)16-10-12-28-24-17(16)11-13-30(24)33-15-6-3-2-4-7-15/h2-14,29H,1H3. The van der Waals surface area contributed by atoms with Gasteiger partial charge in [0.15, 0.2) is 11.5 Å². The molecule has 0 radical (unpaired) electrons. The fourth-order valence-corrected chi connectivity index (χ4v) is 4.73. The van der Waals surface area contributed by atoms with Crippen molar-refractivity contribution in [1.29, 1.82) is 0 Å². The SMILES string of the molecule is COC(=O)c1cc(-c2ccnc3c2ccn3Sc2ccccc2)[nH]c1-c1cccc(Cl)c1F. The summed E-state index contributed by atoms with van der Waals surface area (Å²) in [7, 11) is 1.29. The second kappa shape index (κ2) is 8.77. The van der Waals surface area contributed by atoms with Crippen LogP contribution in [0.5, 0.6) is 0 Å². The van der Waals surface area contributed by atoms with Crippen molar-refractivity contribution in [2.24, 2.45) is 0 Å². The van der Waals surface area contributed by atoms with E-state index in [0.29, 0.717) is 11.4 Å². The number of hydrogen-bond donors (Lipinski definition) is 1. The zero-order valence-electron chi connectivity index (χ0n) is 17.4. The highest BCUT2D eigenvalue weighted by molar-refractivity contribution is 7.98. The van der Waals surface area contributed by atoms with Gasteiger partial charge in [-0.3, -0.25) is 3.97 Å². The van der Waals surface area contributed by atoms with Crippen LogP contribution in [0.3, 0.4) is 0 Å².